The number of amides is 2. The molecule has 220 valence electrons. The minimum absolute atomic E-state index is 0.0363. The maximum absolute atomic E-state index is 13.0. The van der Waals surface area contributed by atoms with Crippen LogP contribution in [-0.2, 0) is 6.42 Å². The smallest absolute Gasteiger partial charge is 0.255 e. The SMILES string of the molecule is CN(C)CCCc1ccc(C(N)=O)c(OC2CC3(CC(NC(=O)c4cnn5cc(OCC(C)(C)O)ccc45)C3)C2)c1. The molecule has 0 saturated heterocycles. The lowest BCUT2D eigenvalue weighted by molar-refractivity contribution is -0.0834. The fourth-order valence-corrected chi connectivity index (χ4v) is 5.96. The highest BCUT2D eigenvalue weighted by Crippen LogP contribution is 2.57. The lowest BCUT2D eigenvalue weighted by Gasteiger charge is -2.57. The van der Waals surface area contributed by atoms with Gasteiger partial charge in [-0.05, 0) is 108 Å². The first-order chi connectivity index (χ1) is 19.4. The topological polar surface area (TPSA) is 131 Å². The minimum atomic E-state index is -0.944. The first-order valence-electron chi connectivity index (χ1n) is 14.3. The summed E-state index contributed by atoms with van der Waals surface area (Å²) < 4.78 is 13.5. The van der Waals surface area contributed by atoms with Crippen molar-refractivity contribution in [3.05, 3.63) is 59.4 Å². The van der Waals surface area contributed by atoms with E-state index in [2.05, 4.69) is 29.4 Å². The van der Waals surface area contributed by atoms with E-state index < -0.39 is 11.5 Å². The first-order valence-corrected chi connectivity index (χ1v) is 14.3. The fraction of sp³-hybridized carbons (Fsp3) is 0.516. The average molecular weight is 564 g/mol. The number of nitrogens with one attached hydrogen (secondary N) is 1. The number of aromatic nitrogens is 2. The molecule has 41 heavy (non-hydrogen) atoms. The largest absolute Gasteiger partial charge is 0.490 e. The highest BCUT2D eigenvalue weighted by Gasteiger charge is 2.54. The Bertz CT molecular complexity index is 1410. The Kier molecular flexibility index (Phi) is 7.98. The number of nitrogens with two attached hydrogens (primary N) is 1. The Balaban J connectivity index is 1.12. The standard InChI is InChI=1S/C31H41N5O5/c1-30(2,39)19-40-22-8-10-26-25(17-33-36(26)18-22)29(38)34-21-13-31(14-21)15-23(16-31)41-27-12-20(6-5-11-35(3)4)7-9-24(27)28(32)37/h7-10,12,17-18,21,23,39H,5-6,11,13-16,19H2,1-4H3,(H2,32,37)(H,34,38). The van der Waals surface area contributed by atoms with Gasteiger partial charge >= 0.3 is 0 Å². The molecule has 3 aromatic rings. The number of rotatable bonds is 12. The van der Waals surface area contributed by atoms with Gasteiger partial charge in [-0.25, -0.2) is 4.52 Å². The van der Waals surface area contributed by atoms with Crippen molar-refractivity contribution in [2.24, 2.45) is 11.1 Å². The molecule has 5 rings (SSSR count). The number of fused-ring (bicyclic) bond motifs is 1. The minimum Gasteiger partial charge on any atom is -0.490 e. The summed E-state index contributed by atoms with van der Waals surface area (Å²) in [5.41, 5.74) is 7.61. The number of aliphatic hydroxyl groups is 1. The second-order valence-electron chi connectivity index (χ2n) is 12.7. The molecule has 2 aliphatic carbocycles. The van der Waals surface area contributed by atoms with Crippen LogP contribution in [0.4, 0.5) is 0 Å². The summed E-state index contributed by atoms with van der Waals surface area (Å²) in [5, 5.41) is 17.3. The van der Waals surface area contributed by atoms with Crippen LogP contribution in [0.15, 0.2) is 42.7 Å². The van der Waals surface area contributed by atoms with Gasteiger partial charge in [0.25, 0.3) is 11.8 Å². The van der Waals surface area contributed by atoms with Crippen LogP contribution in [0, 0.1) is 5.41 Å². The van der Waals surface area contributed by atoms with Gasteiger partial charge in [0.05, 0.1) is 40.7 Å². The molecule has 0 radical (unpaired) electrons. The number of aryl methyl sites for hydroxylation is 1. The highest BCUT2D eigenvalue weighted by molar-refractivity contribution is 6.00. The summed E-state index contributed by atoms with van der Waals surface area (Å²) in [6.07, 6.45) is 8.84. The quantitative estimate of drug-likeness (QED) is 0.308. The Morgan fingerprint density at radius 2 is 1.93 bits per heavy atom. The Labute approximate surface area is 240 Å². The number of nitrogens with zero attached hydrogens (tertiary/aromatic N) is 3. The van der Waals surface area contributed by atoms with Crippen molar-refractivity contribution in [3.8, 4) is 11.5 Å². The predicted octanol–water partition coefficient (Wildman–Crippen LogP) is 3.20. The number of ether oxygens (including phenoxy) is 2. The van der Waals surface area contributed by atoms with E-state index in [9.17, 15) is 14.7 Å². The van der Waals surface area contributed by atoms with Crippen molar-refractivity contribution in [1.82, 2.24) is 19.8 Å². The lowest BCUT2D eigenvalue weighted by atomic mass is 9.53. The van der Waals surface area contributed by atoms with E-state index in [-0.39, 0.29) is 30.1 Å². The van der Waals surface area contributed by atoms with Gasteiger partial charge in [-0.1, -0.05) is 6.07 Å². The summed E-state index contributed by atoms with van der Waals surface area (Å²) in [6, 6.07) is 9.37. The van der Waals surface area contributed by atoms with Crippen LogP contribution < -0.4 is 20.5 Å². The van der Waals surface area contributed by atoms with Crippen molar-refractivity contribution in [1.29, 1.82) is 0 Å². The van der Waals surface area contributed by atoms with E-state index in [1.54, 1.807) is 49.0 Å². The Morgan fingerprint density at radius 1 is 1.17 bits per heavy atom. The zero-order valence-electron chi connectivity index (χ0n) is 24.4. The molecule has 2 aliphatic rings. The first kappa shape index (κ1) is 28.9. The van der Waals surface area contributed by atoms with Gasteiger partial charge in [0.1, 0.15) is 18.1 Å². The molecule has 4 N–H and O–H groups in total. The number of primary amides is 1. The summed E-state index contributed by atoms with van der Waals surface area (Å²) in [6.45, 7) is 4.50. The lowest BCUT2D eigenvalue weighted by Crippen LogP contribution is -2.58. The molecule has 2 fully saturated rings. The summed E-state index contributed by atoms with van der Waals surface area (Å²) in [5.74, 6) is 0.516. The number of carbonyl (C=O) groups excluding carboxylic acids is 2. The van der Waals surface area contributed by atoms with Gasteiger partial charge in [0.2, 0.25) is 0 Å². The molecule has 0 aliphatic heterocycles. The third kappa shape index (κ3) is 6.82. The summed E-state index contributed by atoms with van der Waals surface area (Å²) in [7, 11) is 4.11. The van der Waals surface area contributed by atoms with Gasteiger partial charge < -0.3 is 30.5 Å². The molecule has 2 aromatic heterocycles. The molecule has 0 atom stereocenters. The van der Waals surface area contributed by atoms with E-state index in [1.165, 1.54) is 0 Å². The normalized spacial score (nSPS) is 21.9. The maximum Gasteiger partial charge on any atom is 0.255 e. The molecule has 10 heteroatoms. The van der Waals surface area contributed by atoms with Crippen molar-refractivity contribution in [2.45, 2.75) is 70.1 Å². The molecular weight excluding hydrogens is 522 g/mol. The van der Waals surface area contributed by atoms with Crippen LogP contribution in [0.3, 0.4) is 0 Å². The molecule has 1 spiro atoms. The number of carbonyl (C=O) groups is 2. The molecule has 2 amide bonds. The number of benzene rings is 1. The van der Waals surface area contributed by atoms with Crippen LogP contribution in [-0.4, -0.2) is 76.4 Å². The van der Waals surface area contributed by atoms with Crippen LogP contribution in [0.1, 0.15) is 72.2 Å². The fourth-order valence-electron chi connectivity index (χ4n) is 5.96. The van der Waals surface area contributed by atoms with E-state index in [0.717, 1.165) is 50.6 Å². The van der Waals surface area contributed by atoms with Crippen LogP contribution in [0.2, 0.25) is 0 Å². The van der Waals surface area contributed by atoms with Crippen molar-refractivity contribution < 1.29 is 24.2 Å². The van der Waals surface area contributed by atoms with Crippen LogP contribution >= 0.6 is 0 Å². The zero-order chi connectivity index (χ0) is 29.4. The molecule has 0 bridgehead atoms. The van der Waals surface area contributed by atoms with Crippen molar-refractivity contribution >= 4 is 17.3 Å². The van der Waals surface area contributed by atoms with Crippen molar-refractivity contribution in [2.75, 3.05) is 27.2 Å². The van der Waals surface area contributed by atoms with Crippen molar-refractivity contribution in [3.63, 3.8) is 0 Å². The Hall–Kier alpha value is -3.63. The van der Waals surface area contributed by atoms with Gasteiger partial charge in [0, 0.05) is 6.04 Å². The second kappa shape index (κ2) is 11.3. The number of pyridine rings is 1. The number of hydrogen-bond donors (Lipinski definition) is 3. The van der Waals surface area contributed by atoms with Gasteiger partial charge in [-0.15, -0.1) is 0 Å². The van der Waals surface area contributed by atoms with E-state index in [4.69, 9.17) is 15.2 Å². The van der Waals surface area contributed by atoms with E-state index in [0.29, 0.717) is 28.1 Å². The Morgan fingerprint density at radius 3 is 2.61 bits per heavy atom. The highest BCUT2D eigenvalue weighted by atomic mass is 16.5. The third-order valence-electron chi connectivity index (χ3n) is 8.02. The van der Waals surface area contributed by atoms with Gasteiger partial charge in [0.15, 0.2) is 0 Å². The molecule has 0 unspecified atom stereocenters. The average Bonchev–Trinajstić information content (AvgIpc) is 3.27. The molecule has 1 aromatic carbocycles. The van der Waals surface area contributed by atoms with Crippen LogP contribution in [0.5, 0.6) is 11.5 Å². The number of hydrogen-bond acceptors (Lipinski definition) is 7. The zero-order valence-corrected chi connectivity index (χ0v) is 24.4. The monoisotopic (exact) mass is 563 g/mol. The summed E-state index contributed by atoms with van der Waals surface area (Å²) in [4.78, 5) is 27.2. The maximum atomic E-state index is 13.0. The molecule has 2 saturated carbocycles. The summed E-state index contributed by atoms with van der Waals surface area (Å²) >= 11 is 0. The van der Waals surface area contributed by atoms with E-state index in [1.807, 2.05) is 12.1 Å². The molecular formula is C31H41N5O5. The van der Waals surface area contributed by atoms with Crippen LogP contribution in [0.25, 0.3) is 5.52 Å². The third-order valence-corrected chi connectivity index (χ3v) is 8.02. The van der Waals surface area contributed by atoms with E-state index >= 15 is 0 Å². The molecule has 2 heterocycles. The van der Waals surface area contributed by atoms with Gasteiger partial charge in [-0.3, -0.25) is 9.59 Å². The van der Waals surface area contributed by atoms with Gasteiger partial charge in [-0.2, -0.15) is 5.10 Å². The predicted molar refractivity (Wildman–Crippen MR) is 155 cm³/mol. The second-order valence-corrected chi connectivity index (χ2v) is 12.7. The molecule has 10 nitrogen and oxygen atoms in total.